The number of nitrogen functional groups attached to an aromatic ring is 2. The molecule has 1 rings (SSSR count). The van der Waals surface area contributed by atoms with Crippen molar-refractivity contribution in [2.24, 2.45) is 0 Å². The van der Waals surface area contributed by atoms with Crippen LogP contribution < -0.4 is 16.8 Å². The number of amides is 2. The zero-order chi connectivity index (χ0) is 13.7. The van der Waals surface area contributed by atoms with Crippen molar-refractivity contribution in [1.82, 2.24) is 10.2 Å². The zero-order valence-electron chi connectivity index (χ0n) is 10.6. The molecule has 0 radical (unpaired) electrons. The van der Waals surface area contributed by atoms with Gasteiger partial charge in [-0.25, -0.2) is 0 Å². The molecule has 0 fully saturated rings. The molecule has 0 saturated heterocycles. The van der Waals surface area contributed by atoms with E-state index in [1.54, 1.807) is 32.3 Å². The molecule has 18 heavy (non-hydrogen) atoms. The minimum atomic E-state index is -0.210. The molecule has 2 amide bonds. The first-order valence-corrected chi connectivity index (χ1v) is 5.56. The third-order valence-electron chi connectivity index (χ3n) is 2.52. The first-order valence-electron chi connectivity index (χ1n) is 5.56. The Balaban J connectivity index is 2.71. The molecule has 0 aromatic heterocycles. The predicted molar refractivity (Wildman–Crippen MR) is 70.9 cm³/mol. The van der Waals surface area contributed by atoms with E-state index in [2.05, 4.69) is 5.32 Å². The van der Waals surface area contributed by atoms with Gasteiger partial charge in [0, 0.05) is 44.0 Å². The van der Waals surface area contributed by atoms with Gasteiger partial charge in [-0.05, 0) is 18.2 Å². The Kier molecular flexibility index (Phi) is 4.53. The number of anilines is 2. The summed E-state index contributed by atoms with van der Waals surface area (Å²) >= 11 is 0. The van der Waals surface area contributed by atoms with Crippen molar-refractivity contribution >= 4 is 23.2 Å². The van der Waals surface area contributed by atoms with E-state index >= 15 is 0 Å². The highest BCUT2D eigenvalue weighted by atomic mass is 16.2. The van der Waals surface area contributed by atoms with E-state index in [4.69, 9.17) is 11.5 Å². The molecule has 0 heterocycles. The summed E-state index contributed by atoms with van der Waals surface area (Å²) in [5.74, 6) is -0.320. The SMILES string of the molecule is CNC(=O)CCN(C)C(=O)c1cc(N)cc(N)c1. The van der Waals surface area contributed by atoms with E-state index < -0.39 is 0 Å². The summed E-state index contributed by atoms with van der Waals surface area (Å²) in [7, 11) is 3.19. The lowest BCUT2D eigenvalue weighted by Gasteiger charge is -2.17. The van der Waals surface area contributed by atoms with E-state index in [1.165, 1.54) is 4.90 Å². The smallest absolute Gasteiger partial charge is 0.253 e. The van der Waals surface area contributed by atoms with Crippen molar-refractivity contribution in [3.8, 4) is 0 Å². The highest BCUT2D eigenvalue weighted by Crippen LogP contribution is 2.15. The molecular weight excluding hydrogens is 232 g/mol. The van der Waals surface area contributed by atoms with Crippen molar-refractivity contribution in [2.45, 2.75) is 6.42 Å². The molecule has 0 aliphatic carbocycles. The molecule has 0 unspecified atom stereocenters. The van der Waals surface area contributed by atoms with E-state index in [1.807, 2.05) is 0 Å². The number of nitrogens with two attached hydrogens (primary N) is 2. The van der Waals surface area contributed by atoms with Crippen LogP contribution in [0.1, 0.15) is 16.8 Å². The minimum absolute atomic E-state index is 0.110. The fourth-order valence-corrected chi connectivity index (χ4v) is 1.52. The molecule has 0 atom stereocenters. The molecule has 6 nitrogen and oxygen atoms in total. The average molecular weight is 250 g/mol. The average Bonchev–Trinajstić information content (AvgIpc) is 2.33. The van der Waals surface area contributed by atoms with Gasteiger partial charge in [0.15, 0.2) is 0 Å². The van der Waals surface area contributed by atoms with Crippen LogP contribution in [0.3, 0.4) is 0 Å². The fourth-order valence-electron chi connectivity index (χ4n) is 1.52. The topological polar surface area (TPSA) is 101 Å². The Hall–Kier alpha value is -2.24. The largest absolute Gasteiger partial charge is 0.399 e. The molecule has 98 valence electrons. The maximum absolute atomic E-state index is 12.0. The molecular formula is C12H18N4O2. The summed E-state index contributed by atoms with van der Waals surface area (Å²) in [6, 6.07) is 4.71. The molecule has 0 saturated carbocycles. The van der Waals surface area contributed by atoms with Gasteiger partial charge in [-0.15, -0.1) is 0 Å². The number of carbonyl (C=O) groups is 2. The molecule has 0 aliphatic heterocycles. The van der Waals surface area contributed by atoms with Gasteiger partial charge in [0.05, 0.1) is 0 Å². The Morgan fingerprint density at radius 2 is 1.78 bits per heavy atom. The maximum atomic E-state index is 12.0. The zero-order valence-corrected chi connectivity index (χ0v) is 10.6. The van der Waals surface area contributed by atoms with Crippen molar-refractivity contribution in [2.75, 3.05) is 32.1 Å². The van der Waals surface area contributed by atoms with Gasteiger partial charge >= 0.3 is 0 Å². The number of hydrogen-bond acceptors (Lipinski definition) is 4. The number of benzene rings is 1. The summed E-state index contributed by atoms with van der Waals surface area (Å²) < 4.78 is 0. The number of hydrogen-bond donors (Lipinski definition) is 3. The summed E-state index contributed by atoms with van der Waals surface area (Å²) in [5.41, 5.74) is 12.6. The van der Waals surface area contributed by atoms with Crippen molar-refractivity contribution in [3.63, 3.8) is 0 Å². The Labute approximate surface area is 106 Å². The summed E-state index contributed by atoms with van der Waals surface area (Å²) in [4.78, 5) is 24.6. The van der Waals surface area contributed by atoms with E-state index in [0.29, 0.717) is 23.5 Å². The van der Waals surface area contributed by atoms with Crippen molar-refractivity contribution in [1.29, 1.82) is 0 Å². The third kappa shape index (κ3) is 3.65. The second-order valence-electron chi connectivity index (χ2n) is 4.04. The van der Waals surface area contributed by atoms with Gasteiger partial charge in [0.25, 0.3) is 5.91 Å². The second-order valence-corrected chi connectivity index (χ2v) is 4.04. The number of carbonyl (C=O) groups excluding carboxylic acids is 2. The number of nitrogens with zero attached hydrogens (tertiary/aromatic N) is 1. The Morgan fingerprint density at radius 3 is 2.28 bits per heavy atom. The molecule has 0 aliphatic rings. The summed E-state index contributed by atoms with van der Waals surface area (Å²) in [6.45, 7) is 0.340. The van der Waals surface area contributed by atoms with Crippen LogP contribution in [0.5, 0.6) is 0 Å². The van der Waals surface area contributed by atoms with E-state index in [9.17, 15) is 9.59 Å². The highest BCUT2D eigenvalue weighted by Gasteiger charge is 2.13. The van der Waals surface area contributed by atoms with Crippen LogP contribution >= 0.6 is 0 Å². The lowest BCUT2D eigenvalue weighted by molar-refractivity contribution is -0.120. The normalized spacial score (nSPS) is 9.89. The Bertz CT molecular complexity index is 439. The van der Waals surface area contributed by atoms with Crippen LogP contribution in [-0.4, -0.2) is 37.4 Å². The molecule has 1 aromatic rings. The van der Waals surface area contributed by atoms with Gasteiger partial charge in [-0.3, -0.25) is 9.59 Å². The van der Waals surface area contributed by atoms with Gasteiger partial charge in [0.2, 0.25) is 5.91 Å². The minimum Gasteiger partial charge on any atom is -0.399 e. The van der Waals surface area contributed by atoms with Crippen LogP contribution in [0.4, 0.5) is 11.4 Å². The van der Waals surface area contributed by atoms with Crippen molar-refractivity contribution in [3.05, 3.63) is 23.8 Å². The first kappa shape index (κ1) is 13.8. The third-order valence-corrected chi connectivity index (χ3v) is 2.52. The van der Waals surface area contributed by atoms with E-state index in [-0.39, 0.29) is 18.2 Å². The van der Waals surface area contributed by atoms with Gasteiger partial charge in [-0.1, -0.05) is 0 Å². The van der Waals surface area contributed by atoms with Crippen molar-refractivity contribution < 1.29 is 9.59 Å². The van der Waals surface area contributed by atoms with Crippen LogP contribution in [0.25, 0.3) is 0 Å². The predicted octanol–water partition coefficient (Wildman–Crippen LogP) is 0.0591. The first-order chi connectivity index (χ1) is 8.43. The molecule has 1 aromatic carbocycles. The van der Waals surface area contributed by atoms with E-state index in [0.717, 1.165) is 0 Å². The monoisotopic (exact) mass is 250 g/mol. The lowest BCUT2D eigenvalue weighted by atomic mass is 10.1. The van der Waals surface area contributed by atoms with Crippen LogP contribution in [0.2, 0.25) is 0 Å². The number of nitrogens with one attached hydrogen (secondary N) is 1. The van der Waals surface area contributed by atoms with Crippen LogP contribution in [0.15, 0.2) is 18.2 Å². The maximum Gasteiger partial charge on any atom is 0.253 e. The summed E-state index contributed by atoms with van der Waals surface area (Å²) in [6.07, 6.45) is 0.260. The van der Waals surface area contributed by atoms with Gasteiger partial charge in [0.1, 0.15) is 0 Å². The summed E-state index contributed by atoms with van der Waals surface area (Å²) in [5, 5.41) is 2.50. The standard InChI is InChI=1S/C12H18N4O2/c1-15-11(17)3-4-16(2)12(18)8-5-9(13)7-10(14)6-8/h5-7H,3-4,13-14H2,1-2H3,(H,15,17). The lowest BCUT2D eigenvalue weighted by Crippen LogP contribution is -2.31. The quantitative estimate of drug-likeness (QED) is 0.657. The van der Waals surface area contributed by atoms with Gasteiger partial charge < -0.3 is 21.7 Å². The number of rotatable bonds is 4. The fraction of sp³-hybridized carbons (Fsp3) is 0.333. The molecule has 0 bridgehead atoms. The van der Waals surface area contributed by atoms with Crippen LogP contribution in [0, 0.1) is 0 Å². The van der Waals surface area contributed by atoms with Gasteiger partial charge in [-0.2, -0.15) is 0 Å². The van der Waals surface area contributed by atoms with Crippen LogP contribution in [-0.2, 0) is 4.79 Å². The second kappa shape index (κ2) is 5.90. The molecule has 5 N–H and O–H groups in total. The Morgan fingerprint density at radius 1 is 1.22 bits per heavy atom. The molecule has 0 spiro atoms. The highest BCUT2D eigenvalue weighted by molar-refractivity contribution is 5.96. The molecule has 6 heteroatoms.